The number of anilines is 1. The number of para-hydroxylation sites is 1. The van der Waals surface area contributed by atoms with Crippen LogP contribution in [0.3, 0.4) is 0 Å². The molecule has 0 bridgehead atoms. The summed E-state index contributed by atoms with van der Waals surface area (Å²) in [6, 6.07) is 16.3. The maximum Gasteiger partial charge on any atom is 0.339 e. The molecule has 3 aromatic rings. The van der Waals surface area contributed by atoms with Gasteiger partial charge in [0.2, 0.25) is 0 Å². The van der Waals surface area contributed by atoms with E-state index in [1.165, 1.54) is 11.3 Å². The zero-order valence-electron chi connectivity index (χ0n) is 18.6. The van der Waals surface area contributed by atoms with Crippen LogP contribution in [0.25, 0.3) is 11.6 Å². The standard InChI is InChI=1S/C26H24N2O5S/c1-32-20-12-6-5-10-17(20)14-19(16-8-3-2-4-9-16)26(31)33-15-22(29)28-25-23(24(27)30)18-11-7-13-21(18)34-25/h2-6,8-10,12,14H,7,11,13,15H2,1H3,(H2,27,30)(H,28,29)/b19-14+. The number of nitrogens with two attached hydrogens (primary N) is 1. The summed E-state index contributed by atoms with van der Waals surface area (Å²) in [6.45, 7) is -0.504. The summed E-state index contributed by atoms with van der Waals surface area (Å²) in [5.74, 6) is -1.17. The van der Waals surface area contributed by atoms with Crippen molar-refractivity contribution < 1.29 is 23.9 Å². The summed E-state index contributed by atoms with van der Waals surface area (Å²) >= 11 is 1.35. The Labute approximate surface area is 201 Å². The minimum Gasteiger partial charge on any atom is -0.496 e. The van der Waals surface area contributed by atoms with E-state index in [2.05, 4.69) is 5.32 Å². The SMILES string of the molecule is COc1ccccc1/C=C(/C(=O)OCC(=O)Nc1sc2c(c1C(N)=O)CCC2)c1ccccc1. The second-order valence-electron chi connectivity index (χ2n) is 7.72. The number of primary amides is 1. The van der Waals surface area contributed by atoms with E-state index in [1.807, 2.05) is 36.4 Å². The number of carbonyl (C=O) groups is 3. The molecule has 2 aromatic carbocycles. The number of fused-ring (bicyclic) bond motifs is 1. The summed E-state index contributed by atoms with van der Waals surface area (Å²) in [4.78, 5) is 38.6. The Morgan fingerprint density at radius 3 is 2.53 bits per heavy atom. The number of nitrogens with one attached hydrogen (secondary N) is 1. The predicted molar refractivity (Wildman–Crippen MR) is 132 cm³/mol. The third-order valence-electron chi connectivity index (χ3n) is 5.50. The number of benzene rings is 2. The van der Waals surface area contributed by atoms with E-state index < -0.39 is 24.4 Å². The normalized spacial score (nSPS) is 12.7. The average Bonchev–Trinajstić information content (AvgIpc) is 3.42. The molecule has 1 aliphatic carbocycles. The Kier molecular flexibility index (Phi) is 7.08. The van der Waals surface area contributed by atoms with E-state index in [0.29, 0.717) is 27.4 Å². The first-order valence-electron chi connectivity index (χ1n) is 10.8. The molecule has 0 radical (unpaired) electrons. The van der Waals surface area contributed by atoms with Crippen molar-refractivity contribution in [3.8, 4) is 5.75 Å². The highest BCUT2D eigenvalue weighted by Gasteiger charge is 2.26. The smallest absolute Gasteiger partial charge is 0.339 e. The lowest BCUT2D eigenvalue weighted by Gasteiger charge is -2.11. The van der Waals surface area contributed by atoms with Gasteiger partial charge in [0.15, 0.2) is 6.61 Å². The quantitative estimate of drug-likeness (QED) is 0.290. The molecule has 1 aromatic heterocycles. The number of ether oxygens (including phenoxy) is 2. The number of amides is 2. The number of thiophene rings is 1. The van der Waals surface area contributed by atoms with Crippen molar-refractivity contribution in [2.45, 2.75) is 19.3 Å². The molecule has 0 aliphatic heterocycles. The molecular weight excluding hydrogens is 452 g/mol. The van der Waals surface area contributed by atoms with Gasteiger partial charge >= 0.3 is 5.97 Å². The molecule has 34 heavy (non-hydrogen) atoms. The van der Waals surface area contributed by atoms with Gasteiger partial charge in [-0.1, -0.05) is 48.5 Å². The number of carbonyl (C=O) groups excluding carboxylic acids is 3. The minimum atomic E-state index is -0.656. The fourth-order valence-electron chi connectivity index (χ4n) is 3.94. The Morgan fingerprint density at radius 1 is 1.06 bits per heavy atom. The van der Waals surface area contributed by atoms with Crippen LogP contribution in [-0.4, -0.2) is 31.5 Å². The molecule has 4 rings (SSSR count). The van der Waals surface area contributed by atoms with E-state index in [4.69, 9.17) is 15.2 Å². The zero-order valence-corrected chi connectivity index (χ0v) is 19.4. The summed E-state index contributed by atoms with van der Waals surface area (Å²) in [5.41, 5.74) is 8.44. The van der Waals surface area contributed by atoms with Gasteiger partial charge in [-0.15, -0.1) is 11.3 Å². The van der Waals surface area contributed by atoms with Crippen molar-refractivity contribution in [2.75, 3.05) is 19.0 Å². The number of aryl methyl sites for hydroxylation is 1. The van der Waals surface area contributed by atoms with Crippen LogP contribution in [0.5, 0.6) is 5.75 Å². The van der Waals surface area contributed by atoms with Crippen LogP contribution in [0.15, 0.2) is 54.6 Å². The van der Waals surface area contributed by atoms with Crippen molar-refractivity contribution in [1.29, 1.82) is 0 Å². The first kappa shape index (κ1) is 23.3. The van der Waals surface area contributed by atoms with Crippen molar-refractivity contribution in [3.05, 3.63) is 81.7 Å². The van der Waals surface area contributed by atoms with Crippen LogP contribution in [-0.2, 0) is 27.2 Å². The van der Waals surface area contributed by atoms with Gasteiger partial charge in [0, 0.05) is 10.4 Å². The van der Waals surface area contributed by atoms with Gasteiger partial charge < -0.3 is 20.5 Å². The van der Waals surface area contributed by atoms with E-state index in [1.54, 1.807) is 31.4 Å². The number of esters is 1. The maximum absolute atomic E-state index is 13.0. The van der Waals surface area contributed by atoms with Gasteiger partial charge in [-0.05, 0) is 42.5 Å². The highest BCUT2D eigenvalue weighted by molar-refractivity contribution is 7.17. The van der Waals surface area contributed by atoms with Gasteiger partial charge in [0.05, 0.1) is 18.2 Å². The van der Waals surface area contributed by atoms with Gasteiger partial charge in [0.1, 0.15) is 10.8 Å². The van der Waals surface area contributed by atoms with Gasteiger partial charge in [-0.25, -0.2) is 4.79 Å². The van der Waals surface area contributed by atoms with Crippen LogP contribution < -0.4 is 15.8 Å². The van der Waals surface area contributed by atoms with Crippen molar-refractivity contribution in [1.82, 2.24) is 0 Å². The number of rotatable bonds is 8. The Hall–Kier alpha value is -3.91. The molecule has 174 valence electrons. The lowest BCUT2D eigenvalue weighted by Crippen LogP contribution is -2.23. The average molecular weight is 477 g/mol. The highest BCUT2D eigenvalue weighted by Crippen LogP contribution is 2.38. The predicted octanol–water partition coefficient (Wildman–Crippen LogP) is 4.07. The van der Waals surface area contributed by atoms with E-state index in [9.17, 15) is 14.4 Å². The summed E-state index contributed by atoms with van der Waals surface area (Å²) in [6.07, 6.45) is 4.26. The molecule has 0 unspecified atom stereocenters. The van der Waals surface area contributed by atoms with Crippen LogP contribution in [0.1, 0.15) is 38.3 Å². The second-order valence-corrected chi connectivity index (χ2v) is 8.82. The molecule has 1 heterocycles. The molecule has 0 saturated carbocycles. The molecule has 8 heteroatoms. The number of hydrogen-bond donors (Lipinski definition) is 2. The topological polar surface area (TPSA) is 108 Å². The largest absolute Gasteiger partial charge is 0.496 e. The molecule has 3 N–H and O–H groups in total. The lowest BCUT2D eigenvalue weighted by molar-refractivity contribution is -0.141. The first-order valence-corrected chi connectivity index (χ1v) is 11.6. The van der Waals surface area contributed by atoms with Gasteiger partial charge in [-0.2, -0.15) is 0 Å². The van der Waals surface area contributed by atoms with E-state index in [-0.39, 0.29) is 5.57 Å². The fraction of sp³-hybridized carbons (Fsp3) is 0.192. The van der Waals surface area contributed by atoms with Crippen LogP contribution in [0.2, 0.25) is 0 Å². The molecule has 0 saturated heterocycles. The molecular formula is C26H24N2O5S. The zero-order chi connectivity index (χ0) is 24.1. The van der Waals surface area contributed by atoms with Crippen LogP contribution in [0.4, 0.5) is 5.00 Å². The fourth-order valence-corrected chi connectivity index (χ4v) is 5.25. The Bertz CT molecular complexity index is 1260. The van der Waals surface area contributed by atoms with E-state index >= 15 is 0 Å². The molecule has 7 nitrogen and oxygen atoms in total. The highest BCUT2D eigenvalue weighted by atomic mass is 32.1. The summed E-state index contributed by atoms with van der Waals surface area (Å²) in [5, 5.41) is 3.09. The van der Waals surface area contributed by atoms with Crippen molar-refractivity contribution in [2.24, 2.45) is 5.73 Å². The molecule has 1 aliphatic rings. The molecule has 2 amide bonds. The number of methoxy groups -OCH3 is 1. The molecule has 0 atom stereocenters. The van der Waals surface area contributed by atoms with Gasteiger partial charge in [0.25, 0.3) is 11.8 Å². The van der Waals surface area contributed by atoms with E-state index in [0.717, 1.165) is 29.7 Å². The van der Waals surface area contributed by atoms with Crippen LogP contribution >= 0.6 is 11.3 Å². The first-order chi connectivity index (χ1) is 16.5. The monoisotopic (exact) mass is 476 g/mol. The Balaban J connectivity index is 1.51. The third kappa shape index (κ3) is 5.02. The summed E-state index contributed by atoms with van der Waals surface area (Å²) in [7, 11) is 1.55. The summed E-state index contributed by atoms with van der Waals surface area (Å²) < 4.78 is 10.7. The van der Waals surface area contributed by atoms with Crippen molar-refractivity contribution >= 4 is 45.8 Å². The lowest BCUT2D eigenvalue weighted by atomic mass is 10.0. The molecule has 0 fully saturated rings. The Morgan fingerprint density at radius 2 is 1.79 bits per heavy atom. The maximum atomic E-state index is 13.0. The third-order valence-corrected chi connectivity index (χ3v) is 6.71. The molecule has 0 spiro atoms. The van der Waals surface area contributed by atoms with Crippen molar-refractivity contribution in [3.63, 3.8) is 0 Å². The van der Waals surface area contributed by atoms with Gasteiger partial charge in [-0.3, -0.25) is 9.59 Å². The second kappa shape index (κ2) is 10.4. The minimum absolute atomic E-state index is 0.283. The van der Waals surface area contributed by atoms with Crippen LogP contribution in [0, 0.1) is 0 Å². The number of hydrogen-bond acceptors (Lipinski definition) is 6.